The van der Waals surface area contributed by atoms with E-state index >= 15 is 0 Å². The molecule has 5 N–H and O–H groups in total. The molecule has 1 aromatic carbocycles. The first-order chi connectivity index (χ1) is 13.0. The van der Waals surface area contributed by atoms with Crippen LogP contribution < -0.4 is 16.4 Å². The molecule has 0 atom stereocenters. The van der Waals surface area contributed by atoms with Crippen molar-refractivity contribution in [2.45, 2.75) is 46.6 Å². The van der Waals surface area contributed by atoms with Crippen LogP contribution in [0.4, 0.5) is 0 Å². The third-order valence-corrected chi connectivity index (χ3v) is 4.15. The highest BCUT2D eigenvalue weighted by Crippen LogP contribution is 2.22. The van der Waals surface area contributed by atoms with Gasteiger partial charge in [0.1, 0.15) is 5.84 Å². The summed E-state index contributed by atoms with van der Waals surface area (Å²) < 4.78 is 0. The number of unbranched alkanes of at least 4 members (excludes halogenated alkanes) is 1. The predicted molar refractivity (Wildman–Crippen MR) is 112 cm³/mol. The second-order valence-electron chi connectivity index (χ2n) is 6.16. The molecule has 0 aliphatic rings. The average molecular weight is 367 g/mol. The molecule has 27 heavy (non-hydrogen) atoms. The normalized spacial score (nSPS) is 12.1. The fraction of sp³-hybridized carbons (Fsp3) is 0.364. The number of amidine groups is 1. The lowest BCUT2D eigenvalue weighted by Gasteiger charge is -2.17. The maximum Gasteiger partial charge on any atom is 0.253 e. The molecule has 0 fully saturated rings. The average Bonchev–Trinajstić information content (AvgIpc) is 2.67. The van der Waals surface area contributed by atoms with Gasteiger partial charge in [0.2, 0.25) is 0 Å². The number of carbonyl (C=O) groups is 1. The monoisotopic (exact) mass is 366 g/mol. The Hall–Kier alpha value is -3.00. The van der Waals surface area contributed by atoms with E-state index in [1.807, 2.05) is 30.3 Å². The molecule has 0 heterocycles. The van der Waals surface area contributed by atoms with Crippen LogP contribution in [-0.2, 0) is 11.3 Å². The van der Waals surface area contributed by atoms with Gasteiger partial charge in [-0.2, -0.15) is 0 Å². The molecule has 1 aromatic rings. The number of amides is 1. The quantitative estimate of drug-likeness (QED) is 0.178. The molecule has 0 aromatic heterocycles. The van der Waals surface area contributed by atoms with Crippen molar-refractivity contribution in [2.24, 2.45) is 5.73 Å². The SMILES string of the molecule is CC#C/C(CCCC)=C(C(=O)NCc1ccccc1)/C(C(=N)N)=C(\C)NC. The number of hydrogen-bond acceptors (Lipinski definition) is 3. The Kier molecular flexibility index (Phi) is 9.46. The Morgan fingerprint density at radius 1 is 1.22 bits per heavy atom. The van der Waals surface area contributed by atoms with E-state index in [2.05, 4.69) is 29.4 Å². The second-order valence-corrected chi connectivity index (χ2v) is 6.16. The van der Waals surface area contributed by atoms with Crippen molar-refractivity contribution in [2.75, 3.05) is 7.05 Å². The van der Waals surface area contributed by atoms with Crippen LogP contribution in [0.3, 0.4) is 0 Å². The van der Waals surface area contributed by atoms with Gasteiger partial charge in [0.25, 0.3) is 5.91 Å². The Labute approximate surface area is 162 Å². The highest BCUT2D eigenvalue weighted by atomic mass is 16.1. The minimum atomic E-state index is -0.271. The fourth-order valence-corrected chi connectivity index (χ4v) is 2.67. The number of carbonyl (C=O) groups excluding carboxylic acids is 1. The van der Waals surface area contributed by atoms with Crippen LogP contribution in [0.2, 0.25) is 0 Å². The topological polar surface area (TPSA) is 91.0 Å². The number of nitrogens with two attached hydrogens (primary N) is 1. The van der Waals surface area contributed by atoms with Crippen molar-refractivity contribution >= 4 is 11.7 Å². The summed E-state index contributed by atoms with van der Waals surface area (Å²) in [6, 6.07) is 9.70. The van der Waals surface area contributed by atoms with Gasteiger partial charge in [0.15, 0.2) is 0 Å². The molecule has 5 nitrogen and oxygen atoms in total. The summed E-state index contributed by atoms with van der Waals surface area (Å²) in [4.78, 5) is 13.1. The molecule has 0 saturated carbocycles. The molecule has 1 amide bonds. The van der Waals surface area contributed by atoms with Crippen molar-refractivity contribution in [3.8, 4) is 11.8 Å². The number of hydrogen-bond donors (Lipinski definition) is 4. The van der Waals surface area contributed by atoms with Gasteiger partial charge in [-0.25, -0.2) is 0 Å². The Bertz CT molecular complexity index is 780. The summed E-state index contributed by atoms with van der Waals surface area (Å²) in [6.45, 7) is 6.03. The fourth-order valence-electron chi connectivity index (χ4n) is 2.67. The zero-order chi connectivity index (χ0) is 20.2. The Balaban J connectivity index is 3.39. The van der Waals surface area contributed by atoms with Gasteiger partial charge in [-0.15, -0.1) is 5.92 Å². The van der Waals surface area contributed by atoms with Crippen LogP contribution in [0.25, 0.3) is 0 Å². The number of nitrogens with one attached hydrogen (secondary N) is 3. The van der Waals surface area contributed by atoms with Crippen molar-refractivity contribution in [3.05, 3.63) is 58.3 Å². The van der Waals surface area contributed by atoms with Crippen LogP contribution in [0.5, 0.6) is 0 Å². The van der Waals surface area contributed by atoms with E-state index in [0.29, 0.717) is 35.4 Å². The number of allylic oxidation sites excluding steroid dienone is 2. The molecule has 0 unspecified atom stereocenters. The Morgan fingerprint density at radius 3 is 2.41 bits per heavy atom. The van der Waals surface area contributed by atoms with Crippen molar-refractivity contribution in [1.29, 1.82) is 5.41 Å². The standard InChI is InChI=1S/C22H30N4O/c1-5-7-14-18(11-6-2)20(19(21(23)24)16(3)25-4)22(27)26-15-17-12-9-8-10-13-17/h8-10,12-13,25H,5,7,14-15H2,1-4H3,(H3,23,24)(H,26,27)/b19-16-,20-18+. The molecule has 0 spiro atoms. The minimum Gasteiger partial charge on any atom is -0.391 e. The lowest BCUT2D eigenvalue weighted by Crippen LogP contribution is -2.31. The summed E-state index contributed by atoms with van der Waals surface area (Å²) in [5.74, 6) is 5.54. The van der Waals surface area contributed by atoms with Gasteiger partial charge in [0.05, 0.1) is 5.57 Å². The van der Waals surface area contributed by atoms with Crippen LogP contribution in [0, 0.1) is 17.3 Å². The van der Waals surface area contributed by atoms with E-state index in [9.17, 15) is 4.79 Å². The van der Waals surface area contributed by atoms with E-state index in [1.54, 1.807) is 20.9 Å². The van der Waals surface area contributed by atoms with Crippen molar-refractivity contribution < 1.29 is 4.79 Å². The molecule has 144 valence electrons. The van der Waals surface area contributed by atoms with E-state index in [4.69, 9.17) is 11.1 Å². The van der Waals surface area contributed by atoms with E-state index in [0.717, 1.165) is 18.4 Å². The van der Waals surface area contributed by atoms with Crippen LogP contribution in [-0.4, -0.2) is 18.8 Å². The molecular weight excluding hydrogens is 336 g/mol. The van der Waals surface area contributed by atoms with Crippen LogP contribution >= 0.6 is 0 Å². The van der Waals surface area contributed by atoms with Gasteiger partial charge in [-0.1, -0.05) is 49.6 Å². The first-order valence-corrected chi connectivity index (χ1v) is 9.17. The first kappa shape index (κ1) is 22.0. The molecule has 0 aliphatic heterocycles. The first-order valence-electron chi connectivity index (χ1n) is 9.17. The second kappa shape index (κ2) is 11.6. The third kappa shape index (κ3) is 6.67. The molecule has 5 heteroatoms. The largest absolute Gasteiger partial charge is 0.391 e. The summed E-state index contributed by atoms with van der Waals surface area (Å²) >= 11 is 0. The lowest BCUT2D eigenvalue weighted by atomic mass is 9.93. The Morgan fingerprint density at radius 2 is 1.89 bits per heavy atom. The third-order valence-electron chi connectivity index (χ3n) is 4.15. The molecule has 0 radical (unpaired) electrons. The van der Waals surface area contributed by atoms with Gasteiger partial charge < -0.3 is 16.4 Å². The zero-order valence-corrected chi connectivity index (χ0v) is 16.7. The summed E-state index contributed by atoms with van der Waals surface area (Å²) in [6.07, 6.45) is 2.56. The number of benzene rings is 1. The van der Waals surface area contributed by atoms with Crippen LogP contribution in [0.1, 0.15) is 45.6 Å². The molecular formula is C22H30N4O. The summed E-state index contributed by atoms with van der Waals surface area (Å²) in [5.41, 5.74) is 9.01. The molecule has 1 rings (SSSR count). The van der Waals surface area contributed by atoms with E-state index in [-0.39, 0.29) is 11.7 Å². The molecule has 0 bridgehead atoms. The highest BCUT2D eigenvalue weighted by molar-refractivity contribution is 6.12. The van der Waals surface area contributed by atoms with E-state index < -0.39 is 0 Å². The van der Waals surface area contributed by atoms with Crippen LogP contribution in [0.15, 0.2) is 52.7 Å². The maximum atomic E-state index is 13.1. The van der Waals surface area contributed by atoms with E-state index in [1.165, 1.54) is 0 Å². The number of rotatable bonds is 9. The smallest absolute Gasteiger partial charge is 0.253 e. The molecule has 0 saturated heterocycles. The van der Waals surface area contributed by atoms with Gasteiger partial charge in [-0.3, -0.25) is 10.2 Å². The molecule has 0 aliphatic carbocycles. The lowest BCUT2D eigenvalue weighted by molar-refractivity contribution is -0.117. The zero-order valence-electron chi connectivity index (χ0n) is 16.7. The summed E-state index contributed by atoms with van der Waals surface area (Å²) in [7, 11) is 1.75. The minimum absolute atomic E-state index is 0.154. The maximum absolute atomic E-state index is 13.1. The van der Waals surface area contributed by atoms with Crippen molar-refractivity contribution in [3.63, 3.8) is 0 Å². The highest BCUT2D eigenvalue weighted by Gasteiger charge is 2.23. The van der Waals surface area contributed by atoms with Gasteiger partial charge in [-0.05, 0) is 32.3 Å². The summed E-state index contributed by atoms with van der Waals surface area (Å²) in [5, 5.41) is 14.0. The van der Waals surface area contributed by atoms with Gasteiger partial charge in [0, 0.05) is 30.4 Å². The van der Waals surface area contributed by atoms with Gasteiger partial charge >= 0.3 is 0 Å². The predicted octanol–water partition coefficient (Wildman–Crippen LogP) is 3.24. The van der Waals surface area contributed by atoms with Crippen molar-refractivity contribution in [1.82, 2.24) is 10.6 Å².